The SMILES string of the molecule is CC(C)CNC(=O)c1cc(C(C)(C)C)c(O)c(C(C)(C)C)c1. The van der Waals surface area contributed by atoms with Crippen molar-refractivity contribution in [2.24, 2.45) is 5.92 Å². The summed E-state index contributed by atoms with van der Waals surface area (Å²) >= 11 is 0. The van der Waals surface area contributed by atoms with Crippen molar-refractivity contribution in [3.63, 3.8) is 0 Å². The Labute approximate surface area is 135 Å². The molecule has 1 aromatic carbocycles. The van der Waals surface area contributed by atoms with E-state index in [2.05, 4.69) is 19.2 Å². The van der Waals surface area contributed by atoms with Gasteiger partial charge in [-0.2, -0.15) is 0 Å². The van der Waals surface area contributed by atoms with Gasteiger partial charge in [-0.05, 0) is 28.9 Å². The van der Waals surface area contributed by atoms with E-state index >= 15 is 0 Å². The highest BCUT2D eigenvalue weighted by Crippen LogP contribution is 2.39. The van der Waals surface area contributed by atoms with Crippen LogP contribution in [0.2, 0.25) is 0 Å². The summed E-state index contributed by atoms with van der Waals surface area (Å²) in [6.07, 6.45) is 0. The lowest BCUT2D eigenvalue weighted by atomic mass is 9.78. The first-order valence-electron chi connectivity index (χ1n) is 8.00. The van der Waals surface area contributed by atoms with Crippen molar-refractivity contribution in [1.29, 1.82) is 0 Å². The second kappa shape index (κ2) is 6.31. The molecule has 0 atom stereocenters. The minimum absolute atomic E-state index is 0.0790. The van der Waals surface area contributed by atoms with Crippen LogP contribution in [0.5, 0.6) is 5.75 Å². The molecule has 0 aliphatic rings. The van der Waals surface area contributed by atoms with Gasteiger partial charge < -0.3 is 10.4 Å². The maximum Gasteiger partial charge on any atom is 0.251 e. The van der Waals surface area contributed by atoms with Crippen LogP contribution in [0.4, 0.5) is 0 Å². The molecule has 22 heavy (non-hydrogen) atoms. The Morgan fingerprint density at radius 1 is 1.05 bits per heavy atom. The number of amides is 1. The van der Waals surface area contributed by atoms with Crippen LogP contribution in [-0.2, 0) is 10.8 Å². The first-order valence-corrected chi connectivity index (χ1v) is 8.00. The molecule has 0 aliphatic carbocycles. The molecule has 0 radical (unpaired) electrons. The monoisotopic (exact) mass is 305 g/mol. The number of phenols is 1. The van der Waals surface area contributed by atoms with Crippen LogP contribution in [0.15, 0.2) is 12.1 Å². The second-order valence-electron chi connectivity index (χ2n) is 8.52. The number of phenolic OH excluding ortho intramolecular Hbond substituents is 1. The van der Waals surface area contributed by atoms with Gasteiger partial charge in [0.2, 0.25) is 0 Å². The second-order valence-corrected chi connectivity index (χ2v) is 8.52. The largest absolute Gasteiger partial charge is 0.507 e. The quantitative estimate of drug-likeness (QED) is 0.871. The zero-order valence-corrected chi connectivity index (χ0v) is 15.3. The van der Waals surface area contributed by atoms with Crippen LogP contribution in [0.3, 0.4) is 0 Å². The van der Waals surface area contributed by atoms with Gasteiger partial charge >= 0.3 is 0 Å². The number of carbonyl (C=O) groups excluding carboxylic acids is 1. The Hall–Kier alpha value is -1.51. The smallest absolute Gasteiger partial charge is 0.251 e. The standard InChI is InChI=1S/C19H31NO2/c1-12(2)11-20-17(22)13-9-14(18(3,4)5)16(21)15(10-13)19(6,7)8/h9-10,12,21H,11H2,1-8H3,(H,20,22). The summed E-state index contributed by atoms with van der Waals surface area (Å²) in [5, 5.41) is 13.6. The minimum Gasteiger partial charge on any atom is -0.507 e. The Morgan fingerprint density at radius 3 is 1.77 bits per heavy atom. The lowest BCUT2D eigenvalue weighted by Crippen LogP contribution is -2.28. The topological polar surface area (TPSA) is 49.3 Å². The summed E-state index contributed by atoms with van der Waals surface area (Å²) in [6.45, 7) is 17.1. The number of benzene rings is 1. The predicted molar refractivity (Wildman–Crippen MR) is 92.7 cm³/mol. The highest BCUT2D eigenvalue weighted by molar-refractivity contribution is 5.95. The molecule has 0 fully saturated rings. The third kappa shape index (κ3) is 4.49. The van der Waals surface area contributed by atoms with E-state index in [-0.39, 0.29) is 16.7 Å². The average molecular weight is 305 g/mol. The van der Waals surface area contributed by atoms with E-state index in [4.69, 9.17) is 0 Å². The van der Waals surface area contributed by atoms with Gasteiger partial charge in [0, 0.05) is 23.2 Å². The highest BCUT2D eigenvalue weighted by atomic mass is 16.3. The number of aromatic hydroxyl groups is 1. The van der Waals surface area contributed by atoms with Crippen molar-refractivity contribution in [2.45, 2.75) is 66.2 Å². The van der Waals surface area contributed by atoms with Crippen molar-refractivity contribution in [2.75, 3.05) is 6.54 Å². The maximum atomic E-state index is 12.4. The van der Waals surface area contributed by atoms with Gasteiger partial charge in [0.1, 0.15) is 5.75 Å². The summed E-state index contributed by atoms with van der Waals surface area (Å²) < 4.78 is 0. The molecular weight excluding hydrogens is 274 g/mol. The fourth-order valence-electron chi connectivity index (χ4n) is 2.31. The van der Waals surface area contributed by atoms with Gasteiger partial charge in [-0.1, -0.05) is 55.4 Å². The minimum atomic E-state index is -0.224. The molecule has 124 valence electrons. The Morgan fingerprint density at radius 2 is 1.45 bits per heavy atom. The third-order valence-corrected chi connectivity index (χ3v) is 3.66. The summed E-state index contributed by atoms with van der Waals surface area (Å²) in [6, 6.07) is 3.64. The van der Waals surface area contributed by atoms with Crippen molar-refractivity contribution >= 4 is 5.91 Å². The Bertz CT molecular complexity index is 511. The molecule has 3 nitrogen and oxygen atoms in total. The summed E-state index contributed by atoms with van der Waals surface area (Å²) in [5.41, 5.74) is 1.80. The molecule has 0 saturated carbocycles. The van der Waals surface area contributed by atoms with Crippen molar-refractivity contribution in [3.8, 4) is 5.75 Å². The van der Waals surface area contributed by atoms with E-state index < -0.39 is 0 Å². The Kier molecular flexibility index (Phi) is 5.32. The zero-order chi connectivity index (χ0) is 17.3. The first-order chi connectivity index (χ1) is 9.84. The van der Waals surface area contributed by atoms with Crippen molar-refractivity contribution < 1.29 is 9.90 Å². The lowest BCUT2D eigenvalue weighted by molar-refractivity contribution is 0.0948. The van der Waals surface area contributed by atoms with Crippen molar-refractivity contribution in [1.82, 2.24) is 5.32 Å². The summed E-state index contributed by atoms with van der Waals surface area (Å²) in [4.78, 5) is 12.4. The van der Waals surface area contributed by atoms with Crippen LogP contribution in [0.25, 0.3) is 0 Å². The fourth-order valence-corrected chi connectivity index (χ4v) is 2.31. The van der Waals surface area contributed by atoms with Gasteiger partial charge in [-0.25, -0.2) is 0 Å². The third-order valence-electron chi connectivity index (χ3n) is 3.66. The normalized spacial score (nSPS) is 12.6. The average Bonchev–Trinajstić information content (AvgIpc) is 2.33. The molecule has 1 aromatic rings. The van der Waals surface area contributed by atoms with Gasteiger partial charge in [0.05, 0.1) is 0 Å². The lowest BCUT2D eigenvalue weighted by Gasteiger charge is -2.28. The predicted octanol–water partition coefficient (Wildman–Crippen LogP) is 4.37. The number of rotatable bonds is 3. The van der Waals surface area contributed by atoms with E-state index in [1.54, 1.807) is 0 Å². The van der Waals surface area contributed by atoms with Gasteiger partial charge in [0.15, 0.2) is 0 Å². The van der Waals surface area contributed by atoms with Crippen LogP contribution in [-0.4, -0.2) is 17.6 Å². The van der Waals surface area contributed by atoms with Gasteiger partial charge in [0.25, 0.3) is 5.91 Å². The van der Waals surface area contributed by atoms with E-state index in [0.717, 1.165) is 11.1 Å². The summed E-state index contributed by atoms with van der Waals surface area (Å²) in [5.74, 6) is 0.635. The first kappa shape index (κ1) is 18.5. The molecule has 0 bridgehead atoms. The molecule has 3 heteroatoms. The Balaban J connectivity index is 3.39. The molecular formula is C19H31NO2. The number of hydrogen-bond donors (Lipinski definition) is 2. The molecule has 0 aliphatic heterocycles. The number of hydrogen-bond acceptors (Lipinski definition) is 2. The van der Waals surface area contributed by atoms with Crippen molar-refractivity contribution in [3.05, 3.63) is 28.8 Å². The molecule has 0 unspecified atom stereocenters. The molecule has 1 rings (SSSR count). The summed E-state index contributed by atoms with van der Waals surface area (Å²) in [7, 11) is 0. The van der Waals surface area contributed by atoms with Crippen LogP contribution >= 0.6 is 0 Å². The molecule has 0 aromatic heterocycles. The van der Waals surface area contributed by atoms with Crippen LogP contribution < -0.4 is 5.32 Å². The van der Waals surface area contributed by atoms with Gasteiger partial charge in [-0.3, -0.25) is 4.79 Å². The zero-order valence-electron chi connectivity index (χ0n) is 15.3. The van der Waals surface area contributed by atoms with Gasteiger partial charge in [-0.15, -0.1) is 0 Å². The fraction of sp³-hybridized carbons (Fsp3) is 0.632. The maximum absolute atomic E-state index is 12.4. The molecule has 0 spiro atoms. The van der Waals surface area contributed by atoms with E-state index in [1.165, 1.54) is 0 Å². The van der Waals surface area contributed by atoms with Crippen LogP contribution in [0.1, 0.15) is 76.9 Å². The molecule has 0 saturated heterocycles. The number of nitrogens with one attached hydrogen (secondary N) is 1. The van der Waals surface area contributed by atoms with E-state index in [0.29, 0.717) is 23.8 Å². The van der Waals surface area contributed by atoms with E-state index in [9.17, 15) is 9.90 Å². The van der Waals surface area contributed by atoms with E-state index in [1.807, 2.05) is 53.7 Å². The molecule has 0 heterocycles. The highest BCUT2D eigenvalue weighted by Gasteiger charge is 2.27. The van der Waals surface area contributed by atoms with Crippen LogP contribution in [0, 0.1) is 5.92 Å². The molecule has 2 N–H and O–H groups in total. The molecule has 1 amide bonds. The number of carbonyl (C=O) groups is 1.